The van der Waals surface area contributed by atoms with Gasteiger partial charge in [-0.3, -0.25) is 9.59 Å². The van der Waals surface area contributed by atoms with Gasteiger partial charge in [0.15, 0.2) is 5.82 Å². The first-order valence-corrected chi connectivity index (χ1v) is 20.8. The lowest BCUT2D eigenvalue weighted by molar-refractivity contribution is -0.130. The summed E-state index contributed by atoms with van der Waals surface area (Å²) in [6, 6.07) is 6.06. The number of nitrogens with one attached hydrogen (secondary N) is 1. The van der Waals surface area contributed by atoms with E-state index in [1.165, 1.54) is 6.07 Å². The maximum atomic E-state index is 15.4. The minimum atomic E-state index is -0.739. The van der Waals surface area contributed by atoms with E-state index < -0.39 is 23.3 Å². The number of piperazine rings is 2. The zero-order valence-corrected chi connectivity index (χ0v) is 35.7. The number of hydrogen-bond donors (Lipinski definition) is 1. The Morgan fingerprint density at radius 3 is 1.66 bits per heavy atom. The fourth-order valence-electron chi connectivity index (χ4n) is 8.09. The standard InChI is InChI=1S/C28H33F2N7O3.C15H14ClF2N3O/c1-18-26(25-21(30)13-19(29)14-22(25)33-27(18)37-4-3-34(2)24(38)17-37)32-23-15-20(35-5-9-39-10-6-35)16-31-28(23)36-7-11-40-12-8-36;1-8-14(16)13-10(18)5-9(17)6-11(13)19-15(8)21-4-3-20(2)12(22)7-21/h13-16H,3-12,17H2,1-2H3,(H,32,33);5-6H,3-4,7H2,1-2H3. The third kappa shape index (κ3) is 8.67. The van der Waals surface area contributed by atoms with E-state index in [1.54, 1.807) is 35.7 Å². The Kier molecular flexibility index (Phi) is 12.4. The van der Waals surface area contributed by atoms with Gasteiger partial charge in [0, 0.05) is 102 Å². The lowest BCUT2D eigenvalue weighted by Crippen LogP contribution is -2.49. The Balaban J connectivity index is 0.000000203. The van der Waals surface area contributed by atoms with Crippen LogP contribution in [0.3, 0.4) is 0 Å². The van der Waals surface area contributed by atoms with Gasteiger partial charge in [-0.25, -0.2) is 32.5 Å². The minimum Gasteiger partial charge on any atom is -0.378 e. The summed E-state index contributed by atoms with van der Waals surface area (Å²) < 4.78 is 68.3. The number of rotatable bonds is 6. The van der Waals surface area contributed by atoms with Gasteiger partial charge in [0.05, 0.1) is 89.6 Å². The highest BCUT2D eigenvalue weighted by atomic mass is 35.5. The molecule has 7 heterocycles. The molecule has 4 aliphatic heterocycles. The second-order valence-corrected chi connectivity index (χ2v) is 16.1. The van der Waals surface area contributed by atoms with Crippen LogP contribution in [-0.2, 0) is 19.1 Å². The minimum absolute atomic E-state index is 0.0332. The van der Waals surface area contributed by atoms with E-state index in [-0.39, 0.29) is 51.7 Å². The average molecular weight is 879 g/mol. The molecule has 0 bridgehead atoms. The number of pyridine rings is 3. The van der Waals surface area contributed by atoms with Crippen molar-refractivity contribution in [3.05, 3.63) is 75.9 Å². The molecule has 62 heavy (non-hydrogen) atoms. The van der Waals surface area contributed by atoms with Crippen LogP contribution in [0.4, 0.5) is 52.1 Å². The molecule has 0 unspecified atom stereocenters. The zero-order chi connectivity index (χ0) is 43.8. The van der Waals surface area contributed by atoms with Crippen molar-refractivity contribution in [2.45, 2.75) is 13.8 Å². The summed E-state index contributed by atoms with van der Waals surface area (Å²) in [5, 5.41) is 3.98. The van der Waals surface area contributed by atoms with Crippen LogP contribution in [0.15, 0.2) is 36.5 Å². The van der Waals surface area contributed by atoms with Crippen LogP contribution in [0.1, 0.15) is 11.1 Å². The fourth-order valence-corrected chi connectivity index (χ4v) is 8.36. The second kappa shape index (κ2) is 17.9. The van der Waals surface area contributed by atoms with Gasteiger partial charge in [0.25, 0.3) is 0 Å². The quantitative estimate of drug-likeness (QED) is 0.212. The molecule has 4 aliphatic rings. The Hall–Kier alpha value is -5.72. The molecule has 0 aliphatic carbocycles. The van der Waals surface area contributed by atoms with Crippen molar-refractivity contribution in [3.8, 4) is 0 Å². The van der Waals surface area contributed by atoms with E-state index in [0.717, 1.165) is 42.8 Å². The maximum Gasteiger partial charge on any atom is 0.241 e. The van der Waals surface area contributed by atoms with E-state index >= 15 is 4.39 Å². The molecule has 1 N–H and O–H groups in total. The molecular weight excluding hydrogens is 832 g/mol. The van der Waals surface area contributed by atoms with Crippen LogP contribution in [0.25, 0.3) is 21.8 Å². The summed E-state index contributed by atoms with van der Waals surface area (Å²) in [6.45, 7) is 11.4. The van der Waals surface area contributed by atoms with Gasteiger partial charge < -0.3 is 44.2 Å². The molecule has 0 saturated carbocycles. The predicted octanol–water partition coefficient (Wildman–Crippen LogP) is 5.66. The summed E-state index contributed by atoms with van der Waals surface area (Å²) in [5.74, 6) is -1.20. The largest absolute Gasteiger partial charge is 0.378 e. The molecule has 2 aromatic carbocycles. The van der Waals surface area contributed by atoms with Crippen LogP contribution in [0.2, 0.25) is 5.02 Å². The van der Waals surface area contributed by atoms with Crippen molar-refractivity contribution < 1.29 is 36.6 Å². The first-order chi connectivity index (χ1) is 29.8. The summed E-state index contributed by atoms with van der Waals surface area (Å²) >= 11 is 6.25. The number of halogens is 5. The van der Waals surface area contributed by atoms with Crippen molar-refractivity contribution in [1.82, 2.24) is 24.8 Å². The number of amides is 2. The molecular formula is C43H47ClF4N10O4. The fraction of sp³-hybridized carbons (Fsp3) is 0.419. The summed E-state index contributed by atoms with van der Waals surface area (Å²) in [6.07, 6.45) is 1.86. The molecule has 2 amide bonds. The molecule has 14 nitrogen and oxygen atoms in total. The molecule has 19 heteroatoms. The van der Waals surface area contributed by atoms with E-state index in [2.05, 4.69) is 25.1 Å². The Bertz CT molecular complexity index is 2540. The number of ether oxygens (including phenoxy) is 2. The Morgan fingerprint density at radius 1 is 0.613 bits per heavy atom. The van der Waals surface area contributed by atoms with Crippen molar-refractivity contribution in [2.75, 3.05) is 131 Å². The molecule has 9 rings (SSSR count). The highest BCUT2D eigenvalue weighted by molar-refractivity contribution is 6.36. The van der Waals surface area contributed by atoms with Gasteiger partial charge in [-0.2, -0.15) is 0 Å². The molecule has 0 atom stereocenters. The first-order valence-electron chi connectivity index (χ1n) is 20.4. The average Bonchev–Trinajstić information content (AvgIpc) is 3.25. The van der Waals surface area contributed by atoms with Crippen LogP contribution < -0.4 is 24.9 Å². The molecule has 3 aromatic heterocycles. The van der Waals surface area contributed by atoms with Crippen LogP contribution in [0, 0.1) is 37.1 Å². The van der Waals surface area contributed by atoms with E-state index in [4.69, 9.17) is 26.1 Å². The monoisotopic (exact) mass is 878 g/mol. The summed E-state index contributed by atoms with van der Waals surface area (Å²) in [4.78, 5) is 49.5. The number of morpholine rings is 2. The lowest BCUT2D eigenvalue weighted by atomic mass is 10.1. The topological polar surface area (TPSA) is 123 Å². The number of nitrogens with zero attached hydrogens (tertiary/aromatic N) is 9. The van der Waals surface area contributed by atoms with Gasteiger partial charge in [-0.05, 0) is 19.9 Å². The Morgan fingerprint density at radius 2 is 1.11 bits per heavy atom. The van der Waals surface area contributed by atoms with E-state index in [9.17, 15) is 22.8 Å². The van der Waals surface area contributed by atoms with Crippen molar-refractivity contribution in [1.29, 1.82) is 0 Å². The second-order valence-electron chi connectivity index (χ2n) is 15.7. The summed E-state index contributed by atoms with van der Waals surface area (Å²) in [5.41, 5.74) is 3.67. The third-order valence-electron chi connectivity index (χ3n) is 11.7. The number of carbonyl (C=O) groups excluding carboxylic acids is 2. The highest BCUT2D eigenvalue weighted by Gasteiger charge is 2.29. The van der Waals surface area contributed by atoms with Crippen molar-refractivity contribution in [2.24, 2.45) is 0 Å². The van der Waals surface area contributed by atoms with Crippen LogP contribution in [-0.4, -0.2) is 143 Å². The maximum absolute atomic E-state index is 15.4. The molecule has 0 radical (unpaired) electrons. The van der Waals surface area contributed by atoms with Crippen molar-refractivity contribution >= 4 is 79.7 Å². The molecule has 4 fully saturated rings. The van der Waals surface area contributed by atoms with Crippen LogP contribution in [0.5, 0.6) is 0 Å². The smallest absolute Gasteiger partial charge is 0.241 e. The summed E-state index contributed by atoms with van der Waals surface area (Å²) in [7, 11) is 3.50. The van der Waals surface area contributed by atoms with Crippen LogP contribution >= 0.6 is 11.6 Å². The molecule has 5 aromatic rings. The number of benzene rings is 2. The molecule has 4 saturated heterocycles. The van der Waals surface area contributed by atoms with Crippen molar-refractivity contribution in [3.63, 3.8) is 0 Å². The normalized spacial score (nSPS) is 17.6. The van der Waals surface area contributed by atoms with Gasteiger partial charge in [-0.1, -0.05) is 11.6 Å². The van der Waals surface area contributed by atoms with Gasteiger partial charge >= 0.3 is 0 Å². The van der Waals surface area contributed by atoms with Gasteiger partial charge in [0.2, 0.25) is 11.8 Å². The number of aromatic nitrogens is 3. The Labute approximate surface area is 360 Å². The highest BCUT2D eigenvalue weighted by Crippen LogP contribution is 2.40. The number of likely N-dealkylation sites (N-methyl/N-ethyl adjacent to an activating group) is 2. The molecule has 328 valence electrons. The lowest BCUT2D eigenvalue weighted by Gasteiger charge is -2.34. The predicted molar refractivity (Wildman–Crippen MR) is 231 cm³/mol. The molecule has 0 spiro atoms. The van der Waals surface area contributed by atoms with E-state index in [0.29, 0.717) is 99.8 Å². The van der Waals surface area contributed by atoms with E-state index in [1.807, 2.05) is 24.1 Å². The third-order valence-corrected chi connectivity index (χ3v) is 12.2. The van der Waals surface area contributed by atoms with Gasteiger partial charge in [-0.15, -0.1) is 0 Å². The van der Waals surface area contributed by atoms with Gasteiger partial charge in [0.1, 0.15) is 34.9 Å². The zero-order valence-electron chi connectivity index (χ0n) is 34.9. The number of carbonyl (C=O) groups is 2. The number of hydrogen-bond acceptors (Lipinski definition) is 12. The number of fused-ring (bicyclic) bond motifs is 2. The SMILES string of the molecule is Cc1c(N2CCN(C)C(=O)C2)nc2cc(F)cc(F)c2c1Cl.Cc1c(N2CCN(C)C(=O)C2)nc2cc(F)cc(F)c2c1Nc1cc(N2CCOCC2)cnc1N1CCOCC1. The number of anilines is 6. The first kappa shape index (κ1) is 42.9.